The largest absolute Gasteiger partial charge is 0.444 e. The maximum atomic E-state index is 13.1. The molecular weight excluding hydrogens is 847 g/mol. The van der Waals surface area contributed by atoms with Gasteiger partial charge in [-0.2, -0.15) is 0 Å². The van der Waals surface area contributed by atoms with Crippen LogP contribution in [-0.2, 0) is 40.3 Å². The Balaban J connectivity index is 0.000000203. The predicted octanol–water partition coefficient (Wildman–Crippen LogP) is 6.40. The lowest BCUT2D eigenvalue weighted by molar-refractivity contribution is -0.120. The van der Waals surface area contributed by atoms with Crippen molar-refractivity contribution in [3.8, 4) is 0 Å². The third-order valence-corrected chi connectivity index (χ3v) is 12.5. The van der Waals surface area contributed by atoms with E-state index in [4.69, 9.17) is 4.74 Å². The van der Waals surface area contributed by atoms with Crippen LogP contribution in [-0.4, -0.2) is 119 Å². The van der Waals surface area contributed by atoms with Gasteiger partial charge in [-0.05, 0) is 120 Å². The molecular formula is C52H63N9O6. The van der Waals surface area contributed by atoms with Crippen molar-refractivity contribution in [2.45, 2.75) is 96.9 Å². The van der Waals surface area contributed by atoms with Gasteiger partial charge in [0, 0.05) is 81.9 Å². The van der Waals surface area contributed by atoms with E-state index in [9.17, 15) is 24.0 Å². The van der Waals surface area contributed by atoms with Crippen LogP contribution in [0.1, 0.15) is 70.7 Å². The normalized spacial score (nSPS) is 15.2. The smallest absolute Gasteiger partial charge is 0.410 e. The number of Topliss-reactive ketones (excluding diaryl/α,β-unsaturated/α-hetero) is 2. The van der Waals surface area contributed by atoms with Gasteiger partial charge >= 0.3 is 6.09 Å². The average Bonchev–Trinajstić information content (AvgIpc) is 3.33. The zero-order valence-corrected chi connectivity index (χ0v) is 39.0. The van der Waals surface area contributed by atoms with Gasteiger partial charge in [0.15, 0.2) is 5.78 Å². The van der Waals surface area contributed by atoms with E-state index < -0.39 is 11.7 Å². The van der Waals surface area contributed by atoms with Crippen molar-refractivity contribution in [3.05, 3.63) is 142 Å². The molecule has 6 aromatic rings. The standard InChI is InChI=1S/C28H35N5O4.C24H28N4O2/c1-28(2,3)37-27(36)33(20-23(34)18-21-8-6-7-13-29-21)22-11-14-31(15-12-22)16-17-32-25-10-5-4-9-24(25)30-19-26(32)35;29-21(17-20-5-3-4-12-25-20)9-8-19-10-13-27(14-11-19)15-16-28-23-7-2-1-6-22(23)26-18-24(28)30/h4-10,13,19,22H,11-12,14-18,20H2,1-3H3;1-7,12,18-19H,8-11,13-17H2. The maximum absolute atomic E-state index is 13.1. The molecule has 8 rings (SSSR count). The van der Waals surface area contributed by atoms with Crippen molar-refractivity contribution in [1.29, 1.82) is 0 Å². The highest BCUT2D eigenvalue weighted by Crippen LogP contribution is 2.23. The molecule has 352 valence electrons. The first kappa shape index (κ1) is 48.5. The number of benzene rings is 2. The van der Waals surface area contributed by atoms with Gasteiger partial charge in [0.05, 0.1) is 47.4 Å². The molecule has 0 aliphatic carbocycles. The van der Waals surface area contributed by atoms with E-state index in [1.807, 2.05) is 110 Å². The Morgan fingerprint density at radius 1 is 0.612 bits per heavy atom. The number of fused-ring (bicyclic) bond motifs is 2. The number of carbonyl (C=O) groups is 3. The number of aromatic nitrogens is 6. The summed E-state index contributed by atoms with van der Waals surface area (Å²) in [7, 11) is 0. The van der Waals surface area contributed by atoms with E-state index in [0.717, 1.165) is 92.6 Å². The van der Waals surface area contributed by atoms with E-state index in [0.29, 0.717) is 44.1 Å². The van der Waals surface area contributed by atoms with Crippen LogP contribution in [0.4, 0.5) is 4.79 Å². The molecule has 6 heterocycles. The molecule has 0 unspecified atom stereocenters. The second-order valence-electron chi connectivity index (χ2n) is 18.6. The number of hydrogen-bond acceptors (Lipinski definition) is 12. The number of ether oxygens (including phenoxy) is 1. The van der Waals surface area contributed by atoms with Gasteiger partial charge in [0.2, 0.25) is 0 Å². The molecule has 0 bridgehead atoms. The summed E-state index contributed by atoms with van der Waals surface area (Å²) in [6.45, 7) is 11.9. The van der Waals surface area contributed by atoms with Crippen LogP contribution >= 0.6 is 0 Å². The van der Waals surface area contributed by atoms with Crippen LogP contribution in [0, 0.1) is 5.92 Å². The Bertz CT molecular complexity index is 2690. The van der Waals surface area contributed by atoms with Crippen molar-refractivity contribution >= 4 is 39.7 Å². The highest BCUT2D eigenvalue weighted by molar-refractivity contribution is 5.86. The zero-order chi connectivity index (χ0) is 47.2. The van der Waals surface area contributed by atoms with Gasteiger partial charge in [-0.1, -0.05) is 36.4 Å². The van der Waals surface area contributed by atoms with E-state index in [-0.39, 0.29) is 41.7 Å². The van der Waals surface area contributed by atoms with Crippen LogP contribution in [0.5, 0.6) is 0 Å². The van der Waals surface area contributed by atoms with Crippen molar-refractivity contribution < 1.29 is 19.1 Å². The monoisotopic (exact) mass is 909 g/mol. The molecule has 67 heavy (non-hydrogen) atoms. The number of ketones is 2. The van der Waals surface area contributed by atoms with Crippen molar-refractivity contribution in [1.82, 2.24) is 43.8 Å². The molecule has 15 heteroatoms. The van der Waals surface area contributed by atoms with Gasteiger partial charge < -0.3 is 23.7 Å². The Labute approximate surface area is 391 Å². The van der Waals surface area contributed by atoms with Crippen molar-refractivity contribution in [2.24, 2.45) is 5.92 Å². The number of likely N-dealkylation sites (tertiary alicyclic amines) is 2. The number of nitrogens with zero attached hydrogens (tertiary/aromatic N) is 9. The van der Waals surface area contributed by atoms with E-state index in [1.165, 1.54) is 12.4 Å². The van der Waals surface area contributed by atoms with Gasteiger partial charge in [0.25, 0.3) is 11.1 Å². The third kappa shape index (κ3) is 14.3. The third-order valence-electron chi connectivity index (χ3n) is 12.5. The fourth-order valence-electron chi connectivity index (χ4n) is 8.90. The molecule has 2 fully saturated rings. The minimum Gasteiger partial charge on any atom is -0.444 e. The van der Waals surface area contributed by atoms with Crippen LogP contribution < -0.4 is 11.1 Å². The second-order valence-corrected chi connectivity index (χ2v) is 18.6. The average molecular weight is 910 g/mol. The lowest BCUT2D eigenvalue weighted by Gasteiger charge is -2.38. The van der Waals surface area contributed by atoms with E-state index in [1.54, 1.807) is 21.9 Å². The van der Waals surface area contributed by atoms with Crippen molar-refractivity contribution in [2.75, 3.05) is 45.8 Å². The van der Waals surface area contributed by atoms with Crippen LogP contribution in [0.2, 0.25) is 0 Å². The summed E-state index contributed by atoms with van der Waals surface area (Å²) in [5.41, 5.74) is 4.10. The summed E-state index contributed by atoms with van der Waals surface area (Å²) in [4.78, 5) is 86.1. The molecule has 0 N–H and O–H groups in total. The number of para-hydroxylation sites is 4. The summed E-state index contributed by atoms with van der Waals surface area (Å²) >= 11 is 0. The summed E-state index contributed by atoms with van der Waals surface area (Å²) in [6, 6.07) is 26.5. The lowest BCUT2D eigenvalue weighted by Crippen LogP contribution is -2.51. The summed E-state index contributed by atoms with van der Waals surface area (Å²) in [6.07, 6.45) is 11.6. The van der Waals surface area contributed by atoms with Gasteiger partial charge in [-0.15, -0.1) is 0 Å². The highest BCUT2D eigenvalue weighted by atomic mass is 16.6. The molecule has 0 atom stereocenters. The van der Waals surface area contributed by atoms with Gasteiger partial charge in [-0.25, -0.2) is 14.8 Å². The highest BCUT2D eigenvalue weighted by Gasteiger charge is 2.32. The number of piperidine rings is 2. The fraction of sp³-hybridized carbons (Fsp3) is 0.442. The Morgan fingerprint density at radius 2 is 1.09 bits per heavy atom. The first-order valence-corrected chi connectivity index (χ1v) is 23.6. The van der Waals surface area contributed by atoms with Gasteiger partial charge in [-0.3, -0.25) is 34.0 Å². The Kier molecular flexibility index (Phi) is 16.9. The SMILES string of the molecule is CC(C)(C)OC(=O)N(CC(=O)Cc1ccccn1)C1CCN(CCn2c(=O)cnc3ccccc32)CC1.O=C(CCC1CCN(CCn2c(=O)cnc3ccccc32)CC1)Cc1ccccn1. The van der Waals surface area contributed by atoms with Crippen molar-refractivity contribution in [3.63, 3.8) is 0 Å². The van der Waals surface area contributed by atoms with E-state index >= 15 is 0 Å². The first-order valence-electron chi connectivity index (χ1n) is 23.6. The summed E-state index contributed by atoms with van der Waals surface area (Å²) in [5, 5.41) is 0. The molecule has 2 aliphatic rings. The van der Waals surface area contributed by atoms with Crippen LogP contribution in [0.3, 0.4) is 0 Å². The number of rotatable bonds is 16. The molecule has 0 saturated carbocycles. The molecule has 0 spiro atoms. The van der Waals surface area contributed by atoms with E-state index in [2.05, 4.69) is 29.7 Å². The molecule has 1 amide bonds. The molecule has 15 nitrogen and oxygen atoms in total. The zero-order valence-electron chi connectivity index (χ0n) is 39.0. The Hall–Kier alpha value is -6.45. The minimum atomic E-state index is -0.652. The number of amides is 1. The summed E-state index contributed by atoms with van der Waals surface area (Å²) in [5.74, 6) is 0.814. The lowest BCUT2D eigenvalue weighted by atomic mass is 9.91. The molecule has 4 aromatic heterocycles. The van der Waals surface area contributed by atoms with Gasteiger partial charge in [0.1, 0.15) is 11.4 Å². The second kappa shape index (κ2) is 23.3. The quantitative estimate of drug-likeness (QED) is 0.105. The number of hydrogen-bond donors (Lipinski definition) is 0. The summed E-state index contributed by atoms with van der Waals surface area (Å²) < 4.78 is 9.24. The number of carbonyl (C=O) groups excluding carboxylic acids is 3. The fourth-order valence-corrected chi connectivity index (χ4v) is 8.90. The predicted molar refractivity (Wildman–Crippen MR) is 259 cm³/mol. The topological polar surface area (TPSA) is 166 Å². The molecule has 2 aliphatic heterocycles. The minimum absolute atomic E-state index is 0.00540. The molecule has 2 aromatic carbocycles. The maximum Gasteiger partial charge on any atom is 0.410 e. The first-order chi connectivity index (χ1) is 32.4. The van der Waals surface area contributed by atoms with Crippen LogP contribution in [0.15, 0.2) is 119 Å². The number of pyridine rings is 2. The molecule has 0 radical (unpaired) electrons. The Morgan fingerprint density at radius 3 is 1.58 bits per heavy atom. The van der Waals surface area contributed by atoms with Crippen LogP contribution in [0.25, 0.3) is 22.1 Å². The molecule has 2 saturated heterocycles.